The topological polar surface area (TPSA) is 80.1 Å². The van der Waals surface area contributed by atoms with E-state index in [9.17, 15) is 13.2 Å². The van der Waals surface area contributed by atoms with Gasteiger partial charge >= 0.3 is 5.97 Å². The van der Waals surface area contributed by atoms with Crippen LogP contribution in [0.1, 0.15) is 16.1 Å². The molecule has 3 aromatic rings. The van der Waals surface area contributed by atoms with E-state index >= 15 is 0 Å². The molecule has 0 unspecified atom stereocenters. The lowest BCUT2D eigenvalue weighted by molar-refractivity contribution is 0.0595. The average molecular weight is 414 g/mol. The maximum Gasteiger partial charge on any atom is 0.341 e. The van der Waals surface area contributed by atoms with Crippen molar-refractivity contribution in [2.75, 3.05) is 33.3 Å². The highest BCUT2D eigenvalue weighted by atomic mass is 32.2. The number of carbonyl (C=O) groups excluding carboxylic acids is 1. The van der Waals surface area contributed by atoms with Crippen LogP contribution >= 0.6 is 0 Å². The van der Waals surface area contributed by atoms with E-state index in [4.69, 9.17) is 9.15 Å². The van der Waals surface area contributed by atoms with E-state index in [0.717, 1.165) is 10.8 Å². The smallest absolute Gasteiger partial charge is 0.341 e. The van der Waals surface area contributed by atoms with Crippen LogP contribution in [-0.4, -0.2) is 56.9 Å². The predicted octanol–water partition coefficient (Wildman–Crippen LogP) is 2.73. The Balaban J connectivity index is 1.44. The second kappa shape index (κ2) is 7.98. The van der Waals surface area contributed by atoms with E-state index in [1.807, 2.05) is 30.3 Å². The zero-order chi connectivity index (χ0) is 20.4. The molecule has 2 heterocycles. The maximum atomic E-state index is 13.1. The number of hydrogen-bond acceptors (Lipinski definition) is 6. The molecule has 0 amide bonds. The molecule has 1 aliphatic rings. The Morgan fingerprint density at radius 2 is 1.76 bits per heavy atom. The number of fused-ring (bicyclic) bond motifs is 1. The highest BCUT2D eigenvalue weighted by Crippen LogP contribution is 2.23. The molecule has 0 saturated carbocycles. The van der Waals surface area contributed by atoms with Gasteiger partial charge in [-0.3, -0.25) is 4.90 Å². The fourth-order valence-electron chi connectivity index (χ4n) is 3.56. The minimum absolute atomic E-state index is 0.309. The molecule has 7 nitrogen and oxygen atoms in total. The molecule has 2 aromatic carbocycles. The molecule has 0 N–H and O–H groups in total. The van der Waals surface area contributed by atoms with Gasteiger partial charge in [-0.15, -0.1) is 0 Å². The SMILES string of the molecule is COC(=O)c1ccoc1CN1CCN(S(=O)(=O)c2ccc3ccccc3c2)CC1. The molecule has 0 spiro atoms. The molecule has 0 radical (unpaired) electrons. The van der Waals surface area contributed by atoms with Gasteiger partial charge in [0.2, 0.25) is 10.0 Å². The predicted molar refractivity (Wildman–Crippen MR) is 108 cm³/mol. The van der Waals surface area contributed by atoms with Gasteiger partial charge in [0.15, 0.2) is 0 Å². The summed E-state index contributed by atoms with van der Waals surface area (Å²) < 4.78 is 37.8. The van der Waals surface area contributed by atoms with Gasteiger partial charge in [-0.2, -0.15) is 4.31 Å². The Morgan fingerprint density at radius 3 is 2.48 bits per heavy atom. The van der Waals surface area contributed by atoms with E-state index in [0.29, 0.717) is 48.9 Å². The highest BCUT2D eigenvalue weighted by molar-refractivity contribution is 7.89. The molecule has 0 bridgehead atoms. The summed E-state index contributed by atoms with van der Waals surface area (Å²) in [7, 11) is -2.23. The number of rotatable bonds is 5. The second-order valence-corrected chi connectivity index (χ2v) is 8.88. The summed E-state index contributed by atoms with van der Waals surface area (Å²) in [5.74, 6) is 0.0916. The quantitative estimate of drug-likeness (QED) is 0.598. The van der Waals surface area contributed by atoms with Crippen LogP contribution in [0.3, 0.4) is 0 Å². The van der Waals surface area contributed by atoms with E-state index in [1.165, 1.54) is 17.7 Å². The normalized spacial score (nSPS) is 16.2. The van der Waals surface area contributed by atoms with Crippen molar-refractivity contribution in [3.05, 3.63) is 66.1 Å². The van der Waals surface area contributed by atoms with Crippen LogP contribution in [-0.2, 0) is 21.3 Å². The van der Waals surface area contributed by atoms with Crippen LogP contribution in [0.15, 0.2) is 64.1 Å². The van der Waals surface area contributed by atoms with E-state index in [-0.39, 0.29) is 0 Å². The maximum absolute atomic E-state index is 13.1. The van der Waals surface area contributed by atoms with Crippen molar-refractivity contribution >= 4 is 26.8 Å². The van der Waals surface area contributed by atoms with Crippen molar-refractivity contribution in [3.8, 4) is 0 Å². The lowest BCUT2D eigenvalue weighted by atomic mass is 10.1. The molecule has 1 saturated heterocycles. The molecule has 1 fully saturated rings. The Labute approximate surface area is 169 Å². The fraction of sp³-hybridized carbons (Fsp3) is 0.286. The van der Waals surface area contributed by atoms with Crippen molar-refractivity contribution in [3.63, 3.8) is 0 Å². The van der Waals surface area contributed by atoms with Crippen molar-refractivity contribution in [2.24, 2.45) is 0 Å². The molecular weight excluding hydrogens is 392 g/mol. The minimum atomic E-state index is -3.56. The van der Waals surface area contributed by atoms with Crippen molar-refractivity contribution in [1.29, 1.82) is 0 Å². The Bertz CT molecular complexity index is 1130. The van der Waals surface area contributed by atoms with Crippen molar-refractivity contribution < 1.29 is 22.4 Å². The molecule has 4 rings (SSSR count). The monoisotopic (exact) mass is 414 g/mol. The molecule has 152 valence electrons. The fourth-order valence-corrected chi connectivity index (χ4v) is 5.02. The lowest BCUT2D eigenvalue weighted by Gasteiger charge is -2.33. The lowest BCUT2D eigenvalue weighted by Crippen LogP contribution is -2.48. The number of carbonyl (C=O) groups is 1. The van der Waals surface area contributed by atoms with Crippen LogP contribution in [0.25, 0.3) is 10.8 Å². The molecule has 8 heteroatoms. The number of sulfonamides is 1. The summed E-state index contributed by atoms with van der Waals surface area (Å²) >= 11 is 0. The van der Waals surface area contributed by atoms with Gasteiger partial charge in [-0.05, 0) is 29.0 Å². The molecule has 1 aliphatic heterocycles. The Hall–Kier alpha value is -2.68. The summed E-state index contributed by atoms with van der Waals surface area (Å²) in [5, 5.41) is 1.91. The van der Waals surface area contributed by atoms with Gasteiger partial charge in [-0.1, -0.05) is 30.3 Å². The number of furan rings is 1. The Kier molecular flexibility index (Phi) is 5.40. The van der Waals surface area contributed by atoms with Crippen molar-refractivity contribution in [1.82, 2.24) is 9.21 Å². The number of piperazine rings is 1. The van der Waals surface area contributed by atoms with E-state index < -0.39 is 16.0 Å². The van der Waals surface area contributed by atoms with Gasteiger partial charge < -0.3 is 9.15 Å². The number of methoxy groups -OCH3 is 1. The first kappa shape index (κ1) is 19.6. The Morgan fingerprint density at radius 1 is 1.03 bits per heavy atom. The average Bonchev–Trinajstić information content (AvgIpc) is 3.21. The first-order valence-corrected chi connectivity index (χ1v) is 10.8. The number of ether oxygens (including phenoxy) is 1. The molecular formula is C21H22N2O5S. The number of benzene rings is 2. The van der Waals surface area contributed by atoms with Gasteiger partial charge in [-0.25, -0.2) is 13.2 Å². The third-order valence-electron chi connectivity index (χ3n) is 5.21. The molecule has 29 heavy (non-hydrogen) atoms. The number of nitrogens with zero attached hydrogens (tertiary/aromatic N) is 2. The molecule has 0 atom stereocenters. The summed E-state index contributed by atoms with van der Waals surface area (Å²) in [4.78, 5) is 14.2. The number of hydrogen-bond donors (Lipinski definition) is 0. The first-order valence-electron chi connectivity index (χ1n) is 9.35. The highest BCUT2D eigenvalue weighted by Gasteiger charge is 2.29. The summed E-state index contributed by atoms with van der Waals surface area (Å²) in [6.07, 6.45) is 1.46. The standard InChI is InChI=1S/C21H22N2O5S/c1-27-21(24)19-8-13-28-20(19)15-22-9-11-23(12-10-22)29(25,26)18-7-6-16-4-2-3-5-17(16)14-18/h2-8,13-14H,9-12,15H2,1H3. The van der Waals surface area contributed by atoms with Crippen LogP contribution in [0, 0.1) is 0 Å². The number of esters is 1. The molecule has 1 aromatic heterocycles. The largest absolute Gasteiger partial charge is 0.467 e. The minimum Gasteiger partial charge on any atom is -0.467 e. The molecule has 0 aliphatic carbocycles. The van der Waals surface area contributed by atoms with E-state index in [1.54, 1.807) is 18.2 Å². The van der Waals surface area contributed by atoms with Crippen molar-refractivity contribution in [2.45, 2.75) is 11.4 Å². The van der Waals surface area contributed by atoms with Crippen LogP contribution in [0.5, 0.6) is 0 Å². The van der Waals surface area contributed by atoms with Crippen LogP contribution < -0.4 is 0 Å². The van der Waals surface area contributed by atoms with Gasteiger partial charge in [0.1, 0.15) is 11.3 Å². The van der Waals surface area contributed by atoms with Gasteiger partial charge in [0.25, 0.3) is 0 Å². The van der Waals surface area contributed by atoms with Crippen LogP contribution in [0.2, 0.25) is 0 Å². The summed E-state index contributed by atoms with van der Waals surface area (Å²) in [6.45, 7) is 2.29. The van der Waals surface area contributed by atoms with Gasteiger partial charge in [0, 0.05) is 26.2 Å². The third kappa shape index (κ3) is 3.91. The zero-order valence-corrected chi connectivity index (χ0v) is 16.9. The zero-order valence-electron chi connectivity index (χ0n) is 16.1. The summed E-state index contributed by atoms with van der Waals surface area (Å²) in [6, 6.07) is 14.5. The first-order chi connectivity index (χ1) is 14.0. The van der Waals surface area contributed by atoms with E-state index in [2.05, 4.69) is 4.90 Å². The third-order valence-corrected chi connectivity index (χ3v) is 7.10. The van der Waals surface area contributed by atoms with Gasteiger partial charge in [0.05, 0.1) is 24.8 Å². The summed E-state index contributed by atoms with van der Waals surface area (Å²) in [5.41, 5.74) is 0.402. The van der Waals surface area contributed by atoms with Crippen LogP contribution in [0.4, 0.5) is 0 Å². The second-order valence-electron chi connectivity index (χ2n) is 6.94.